The Labute approximate surface area is 216 Å². The lowest BCUT2D eigenvalue weighted by Crippen LogP contribution is -2.23. The molecule has 1 aliphatic rings. The zero-order chi connectivity index (χ0) is 25.8. The van der Waals surface area contributed by atoms with Gasteiger partial charge in [-0.25, -0.2) is 4.98 Å². The third kappa shape index (κ3) is 5.90. The van der Waals surface area contributed by atoms with E-state index in [0.29, 0.717) is 23.4 Å². The summed E-state index contributed by atoms with van der Waals surface area (Å²) in [5.41, 5.74) is 6.90. The largest absolute Gasteiger partial charge is 0.497 e. The number of aromatic nitrogens is 4. The molecule has 4 aromatic rings. The number of benzene rings is 2. The topological polar surface area (TPSA) is 109 Å². The molecule has 2 aromatic heterocycles. The molecule has 0 saturated carbocycles. The second-order valence-corrected chi connectivity index (χ2v) is 9.69. The molecule has 0 radical (unpaired) electrons. The van der Waals surface area contributed by atoms with Crippen molar-refractivity contribution in [3.8, 4) is 16.9 Å². The third-order valence-electron chi connectivity index (χ3n) is 6.28. The highest BCUT2D eigenvalue weighted by Crippen LogP contribution is 2.31. The number of rotatable bonds is 9. The number of hydrogen-bond acceptors (Lipinski definition) is 8. The summed E-state index contributed by atoms with van der Waals surface area (Å²) < 4.78 is 7.32. The van der Waals surface area contributed by atoms with Crippen LogP contribution in [-0.2, 0) is 26.1 Å². The van der Waals surface area contributed by atoms with E-state index in [1.54, 1.807) is 13.2 Å². The van der Waals surface area contributed by atoms with E-state index in [9.17, 15) is 5.11 Å². The monoisotopic (exact) mass is 499 g/mol. The van der Waals surface area contributed by atoms with Crippen molar-refractivity contribution >= 4 is 23.1 Å². The van der Waals surface area contributed by atoms with E-state index in [4.69, 9.17) is 9.72 Å². The van der Waals surface area contributed by atoms with Crippen LogP contribution in [-0.4, -0.2) is 38.5 Å². The first kappa shape index (κ1) is 24.7. The molecule has 192 valence electrons. The normalized spacial score (nSPS) is 12.9. The van der Waals surface area contributed by atoms with E-state index >= 15 is 0 Å². The van der Waals surface area contributed by atoms with Gasteiger partial charge >= 0.3 is 0 Å². The molecule has 9 nitrogen and oxygen atoms in total. The molecular formula is C28H33N7O2. The number of methoxy groups -OCH3 is 1. The maximum atomic E-state index is 9.62. The van der Waals surface area contributed by atoms with Crippen molar-refractivity contribution < 1.29 is 9.84 Å². The number of fused-ring (bicyclic) bond motifs is 1. The summed E-state index contributed by atoms with van der Waals surface area (Å²) in [6.07, 6.45) is 6.73. The molecule has 0 aliphatic carbocycles. The highest BCUT2D eigenvalue weighted by atomic mass is 16.5. The Kier molecular flexibility index (Phi) is 7.34. The number of nitrogens with one attached hydrogen (secondary N) is 3. The predicted octanol–water partition coefficient (Wildman–Crippen LogP) is 4.63. The van der Waals surface area contributed by atoms with Crippen molar-refractivity contribution in [2.45, 2.75) is 40.0 Å². The van der Waals surface area contributed by atoms with Crippen LogP contribution in [0.5, 0.6) is 5.75 Å². The van der Waals surface area contributed by atoms with Crippen molar-refractivity contribution in [1.82, 2.24) is 25.1 Å². The zero-order valence-electron chi connectivity index (χ0n) is 21.5. The fraction of sp³-hybridized carbons (Fsp3) is 0.321. The highest BCUT2D eigenvalue weighted by molar-refractivity contribution is 5.78. The Morgan fingerprint density at radius 1 is 1.08 bits per heavy atom. The van der Waals surface area contributed by atoms with Crippen LogP contribution < -0.4 is 20.7 Å². The van der Waals surface area contributed by atoms with Crippen molar-refractivity contribution in [3.63, 3.8) is 0 Å². The van der Waals surface area contributed by atoms with Gasteiger partial charge in [-0.05, 0) is 59.8 Å². The fourth-order valence-corrected chi connectivity index (χ4v) is 4.49. The molecule has 0 fully saturated rings. The van der Waals surface area contributed by atoms with Crippen molar-refractivity contribution in [2.75, 3.05) is 24.3 Å². The third-order valence-corrected chi connectivity index (χ3v) is 6.28. The van der Waals surface area contributed by atoms with Gasteiger partial charge in [-0.15, -0.1) is 0 Å². The summed E-state index contributed by atoms with van der Waals surface area (Å²) in [5.74, 6) is 2.24. The van der Waals surface area contributed by atoms with Gasteiger partial charge in [0.2, 0.25) is 5.95 Å². The molecule has 37 heavy (non-hydrogen) atoms. The molecular weight excluding hydrogens is 466 g/mol. The summed E-state index contributed by atoms with van der Waals surface area (Å²) in [5, 5.41) is 24.4. The number of aliphatic hydroxyl groups excluding tert-OH is 1. The average Bonchev–Trinajstić information content (AvgIpc) is 3.36. The summed E-state index contributed by atoms with van der Waals surface area (Å²) in [4.78, 5) is 9.44. The molecule has 0 unspecified atom stereocenters. The van der Waals surface area contributed by atoms with Crippen LogP contribution in [0.1, 0.15) is 30.5 Å². The molecule has 4 N–H and O–H groups in total. The minimum atomic E-state index is -0.0912. The van der Waals surface area contributed by atoms with Crippen LogP contribution in [0.2, 0.25) is 0 Å². The average molecular weight is 500 g/mol. The maximum Gasteiger partial charge on any atom is 0.229 e. The number of anilines is 4. The molecule has 0 atom stereocenters. The Balaban J connectivity index is 1.50. The second kappa shape index (κ2) is 11.0. The van der Waals surface area contributed by atoms with Crippen LogP contribution in [0.3, 0.4) is 0 Å². The van der Waals surface area contributed by atoms with Crippen LogP contribution in [0, 0.1) is 5.92 Å². The Morgan fingerprint density at radius 2 is 1.97 bits per heavy atom. The van der Waals surface area contributed by atoms with Gasteiger partial charge < -0.3 is 25.8 Å². The van der Waals surface area contributed by atoms with Crippen LogP contribution in [0.25, 0.3) is 11.1 Å². The van der Waals surface area contributed by atoms with Gasteiger partial charge in [0.1, 0.15) is 11.6 Å². The molecule has 0 saturated heterocycles. The van der Waals surface area contributed by atoms with E-state index in [1.807, 2.05) is 35.4 Å². The minimum Gasteiger partial charge on any atom is -0.497 e. The fourth-order valence-electron chi connectivity index (χ4n) is 4.49. The number of hydrogen-bond donors (Lipinski definition) is 4. The van der Waals surface area contributed by atoms with E-state index in [2.05, 4.69) is 58.1 Å². The summed E-state index contributed by atoms with van der Waals surface area (Å²) >= 11 is 0. The van der Waals surface area contributed by atoms with Crippen LogP contribution in [0.15, 0.2) is 55.0 Å². The molecule has 0 spiro atoms. The zero-order valence-corrected chi connectivity index (χ0v) is 21.5. The lowest BCUT2D eigenvalue weighted by molar-refractivity contribution is 0.281. The van der Waals surface area contributed by atoms with Crippen LogP contribution >= 0.6 is 0 Å². The molecule has 3 heterocycles. The smallest absolute Gasteiger partial charge is 0.229 e. The van der Waals surface area contributed by atoms with Crippen molar-refractivity contribution in [3.05, 3.63) is 71.7 Å². The molecule has 0 bridgehead atoms. The Bertz CT molecular complexity index is 1360. The quantitative estimate of drug-likeness (QED) is 0.264. The number of ether oxygens (including phenoxy) is 1. The lowest BCUT2D eigenvalue weighted by Gasteiger charge is -2.19. The molecule has 1 aliphatic heterocycles. The molecule has 5 rings (SSSR count). The van der Waals surface area contributed by atoms with E-state index < -0.39 is 0 Å². The van der Waals surface area contributed by atoms with Gasteiger partial charge in [0.15, 0.2) is 0 Å². The first-order chi connectivity index (χ1) is 18.0. The van der Waals surface area contributed by atoms with Gasteiger partial charge in [0.05, 0.1) is 19.9 Å². The molecule has 2 aromatic carbocycles. The van der Waals surface area contributed by atoms with Gasteiger partial charge in [0, 0.05) is 54.1 Å². The van der Waals surface area contributed by atoms with Crippen molar-refractivity contribution in [1.29, 1.82) is 0 Å². The first-order valence-electron chi connectivity index (χ1n) is 12.6. The standard InChI is InChI=1S/C28H33N7O2/c1-18(2)15-35-16-22(13-31-35)26-14-30-28(33-24-8-19(17-36)9-25(11-24)37-3)34-27(26)32-23-5-4-20-6-7-29-12-21(20)10-23/h4-5,8-11,13-14,16,18,29,36H,6-7,12,15,17H2,1-3H3,(H2,30,32,33,34). The summed E-state index contributed by atoms with van der Waals surface area (Å²) in [7, 11) is 1.60. The van der Waals surface area contributed by atoms with Crippen LogP contribution in [0.4, 0.5) is 23.1 Å². The summed E-state index contributed by atoms with van der Waals surface area (Å²) in [6.45, 7) is 6.95. The number of aliphatic hydroxyl groups is 1. The lowest BCUT2D eigenvalue weighted by atomic mass is 10.0. The van der Waals surface area contributed by atoms with Gasteiger partial charge in [-0.3, -0.25) is 4.68 Å². The van der Waals surface area contributed by atoms with Gasteiger partial charge in [-0.2, -0.15) is 10.1 Å². The second-order valence-electron chi connectivity index (χ2n) is 9.69. The Morgan fingerprint density at radius 3 is 2.78 bits per heavy atom. The molecule has 9 heteroatoms. The number of nitrogens with zero attached hydrogens (tertiary/aromatic N) is 4. The summed E-state index contributed by atoms with van der Waals surface area (Å²) in [6, 6.07) is 11.9. The highest BCUT2D eigenvalue weighted by Gasteiger charge is 2.15. The van der Waals surface area contributed by atoms with Crippen molar-refractivity contribution in [2.24, 2.45) is 5.92 Å². The van der Waals surface area contributed by atoms with E-state index in [-0.39, 0.29) is 6.61 Å². The maximum absolute atomic E-state index is 9.62. The predicted molar refractivity (Wildman–Crippen MR) is 145 cm³/mol. The van der Waals surface area contributed by atoms with Gasteiger partial charge in [-0.1, -0.05) is 19.9 Å². The van der Waals surface area contributed by atoms with E-state index in [1.165, 1.54) is 11.1 Å². The van der Waals surface area contributed by atoms with Gasteiger partial charge in [0.25, 0.3) is 0 Å². The molecule has 0 amide bonds. The Hall–Kier alpha value is -3.95. The first-order valence-corrected chi connectivity index (χ1v) is 12.6. The minimum absolute atomic E-state index is 0.0912. The van der Waals surface area contributed by atoms with E-state index in [0.717, 1.165) is 54.1 Å². The SMILES string of the molecule is COc1cc(CO)cc(Nc2ncc(-c3cnn(CC(C)C)c3)c(Nc3ccc4c(c3)CNCC4)n2)c1.